The topological polar surface area (TPSA) is 13.3 Å². The third-order valence-corrected chi connectivity index (χ3v) is 3.25. The first-order valence-electron chi connectivity index (χ1n) is 6.57. The summed E-state index contributed by atoms with van der Waals surface area (Å²) in [7, 11) is 1.68. The summed E-state index contributed by atoms with van der Waals surface area (Å²) in [6.07, 6.45) is 8.35. The highest BCUT2D eigenvalue weighted by Gasteiger charge is 1.99. The van der Waals surface area contributed by atoms with Crippen LogP contribution in [-0.4, -0.2) is 7.11 Å². The van der Waals surface area contributed by atoms with Crippen LogP contribution in [-0.2, 0) is 0 Å². The number of aromatic nitrogens is 1. The van der Waals surface area contributed by atoms with Gasteiger partial charge >= 0.3 is 0 Å². The quantitative estimate of drug-likeness (QED) is 0.657. The van der Waals surface area contributed by atoms with E-state index < -0.39 is 0 Å². The van der Waals surface area contributed by atoms with Gasteiger partial charge in [0.1, 0.15) is 5.75 Å². The van der Waals surface area contributed by atoms with Gasteiger partial charge in [0.15, 0.2) is 12.4 Å². The van der Waals surface area contributed by atoms with E-state index in [1.807, 2.05) is 42.6 Å². The molecule has 0 radical (unpaired) electrons. The molecule has 0 N–H and O–H groups in total. The highest BCUT2D eigenvalue weighted by molar-refractivity contribution is 5.71. The zero-order valence-corrected chi connectivity index (χ0v) is 11.4. The molecule has 0 atom stereocenters. The van der Waals surface area contributed by atoms with Gasteiger partial charge in [-0.1, -0.05) is 24.3 Å². The van der Waals surface area contributed by atoms with Crippen molar-refractivity contribution < 1.29 is 9.14 Å². The Balaban J connectivity index is 1.85. The van der Waals surface area contributed by atoms with Crippen LogP contribution in [0.15, 0.2) is 67.0 Å². The van der Waals surface area contributed by atoms with Crippen molar-refractivity contribution in [3.8, 4) is 5.75 Å². The first kappa shape index (κ1) is 12.4. The van der Waals surface area contributed by atoms with Gasteiger partial charge in [-0.3, -0.25) is 0 Å². The average molecular weight is 262 g/mol. The summed E-state index contributed by atoms with van der Waals surface area (Å²) in [5, 5.41) is 0. The van der Waals surface area contributed by atoms with Crippen molar-refractivity contribution in [2.24, 2.45) is 0 Å². The summed E-state index contributed by atoms with van der Waals surface area (Å²) in [4.78, 5) is 0. The Morgan fingerprint density at radius 2 is 1.65 bits per heavy atom. The fourth-order valence-electron chi connectivity index (χ4n) is 2.12. The van der Waals surface area contributed by atoms with Crippen LogP contribution in [0.25, 0.3) is 17.7 Å². The average Bonchev–Trinajstić information content (AvgIpc) is 2.53. The van der Waals surface area contributed by atoms with E-state index in [9.17, 15) is 0 Å². The zero-order valence-electron chi connectivity index (χ0n) is 11.4. The first-order chi connectivity index (χ1) is 9.85. The molecule has 0 spiro atoms. The van der Waals surface area contributed by atoms with Crippen LogP contribution in [0.2, 0.25) is 0 Å². The van der Waals surface area contributed by atoms with E-state index in [0.29, 0.717) is 0 Å². The first-order valence-corrected chi connectivity index (χ1v) is 6.57. The number of ether oxygens (including phenoxy) is 1. The number of hydrogen-bond acceptors (Lipinski definition) is 1. The number of methoxy groups -OCH3 is 1. The van der Waals surface area contributed by atoms with Crippen molar-refractivity contribution in [1.82, 2.24) is 0 Å². The lowest BCUT2D eigenvalue weighted by Crippen LogP contribution is -2.19. The molecule has 3 rings (SSSR count). The normalized spacial score (nSPS) is 11.1. The minimum atomic E-state index is 0.879. The molecule has 0 saturated carbocycles. The smallest absolute Gasteiger partial charge is 0.211 e. The molecule has 0 saturated heterocycles. The molecule has 20 heavy (non-hydrogen) atoms. The summed E-state index contributed by atoms with van der Waals surface area (Å²) in [6.45, 7) is 0. The molecule has 0 aliphatic heterocycles. The largest absolute Gasteiger partial charge is 0.497 e. The maximum Gasteiger partial charge on any atom is 0.211 e. The van der Waals surface area contributed by atoms with Gasteiger partial charge in [-0.2, -0.15) is 4.40 Å². The molecule has 1 aromatic carbocycles. The minimum Gasteiger partial charge on any atom is -0.497 e. The van der Waals surface area contributed by atoms with Gasteiger partial charge in [-0.05, 0) is 29.3 Å². The number of rotatable bonds is 3. The van der Waals surface area contributed by atoms with E-state index in [-0.39, 0.29) is 0 Å². The van der Waals surface area contributed by atoms with Crippen LogP contribution in [0.5, 0.6) is 5.75 Å². The molecule has 0 aliphatic rings. The van der Waals surface area contributed by atoms with Gasteiger partial charge in [0.25, 0.3) is 0 Å². The second-order valence-corrected chi connectivity index (χ2v) is 4.60. The van der Waals surface area contributed by atoms with E-state index in [1.165, 1.54) is 11.1 Å². The van der Waals surface area contributed by atoms with Gasteiger partial charge in [0.2, 0.25) is 5.52 Å². The molecule has 0 bridgehead atoms. The Bertz CT molecular complexity index is 745. The van der Waals surface area contributed by atoms with E-state index in [4.69, 9.17) is 4.74 Å². The lowest BCUT2D eigenvalue weighted by atomic mass is 10.1. The summed E-state index contributed by atoms with van der Waals surface area (Å²) in [5.74, 6) is 0.879. The molecule has 0 unspecified atom stereocenters. The van der Waals surface area contributed by atoms with Crippen LogP contribution in [0.4, 0.5) is 0 Å². The lowest BCUT2D eigenvalue weighted by molar-refractivity contribution is -0.512. The summed E-state index contributed by atoms with van der Waals surface area (Å²) in [6, 6.07) is 18.5. The molecule has 0 aliphatic carbocycles. The van der Waals surface area contributed by atoms with Crippen molar-refractivity contribution in [2.45, 2.75) is 0 Å². The molecule has 2 heteroatoms. The van der Waals surface area contributed by atoms with Crippen molar-refractivity contribution >= 4 is 17.7 Å². The Kier molecular flexibility index (Phi) is 3.46. The van der Waals surface area contributed by atoms with Gasteiger partial charge in [-0.15, -0.1) is 0 Å². The molecule has 0 fully saturated rings. The third-order valence-electron chi connectivity index (χ3n) is 3.25. The minimum absolute atomic E-state index is 0.879. The zero-order chi connectivity index (χ0) is 13.8. The van der Waals surface area contributed by atoms with E-state index in [1.54, 1.807) is 7.11 Å². The molecule has 3 aromatic rings. The van der Waals surface area contributed by atoms with Gasteiger partial charge < -0.3 is 4.74 Å². The van der Waals surface area contributed by atoms with Crippen LogP contribution >= 0.6 is 0 Å². The van der Waals surface area contributed by atoms with Gasteiger partial charge in [0, 0.05) is 24.3 Å². The lowest BCUT2D eigenvalue weighted by Gasteiger charge is -1.99. The summed E-state index contributed by atoms with van der Waals surface area (Å²) < 4.78 is 7.26. The Morgan fingerprint density at radius 1 is 0.850 bits per heavy atom. The van der Waals surface area contributed by atoms with Crippen molar-refractivity contribution in [3.05, 3.63) is 78.1 Å². The standard InChI is InChI=1S/C18H16NO/c1-20-18-9-7-15(8-10-18)5-6-16-11-13-19-12-3-2-4-17(19)14-16/h2-14H,1H3/q+1/b6-5+. The van der Waals surface area contributed by atoms with E-state index in [2.05, 4.69) is 40.9 Å². The molecule has 0 amide bonds. The second kappa shape index (κ2) is 5.57. The SMILES string of the molecule is COc1ccc(/C=C/c2cc[n+]3ccccc3c2)cc1. The summed E-state index contributed by atoms with van der Waals surface area (Å²) >= 11 is 0. The monoisotopic (exact) mass is 262 g/mol. The second-order valence-electron chi connectivity index (χ2n) is 4.60. The van der Waals surface area contributed by atoms with Crippen molar-refractivity contribution in [1.29, 1.82) is 0 Å². The Labute approximate surface area is 118 Å². The number of pyridine rings is 2. The highest BCUT2D eigenvalue weighted by Crippen LogP contribution is 2.14. The van der Waals surface area contributed by atoms with Crippen LogP contribution in [0.3, 0.4) is 0 Å². The van der Waals surface area contributed by atoms with E-state index >= 15 is 0 Å². The van der Waals surface area contributed by atoms with Crippen LogP contribution in [0, 0.1) is 0 Å². The predicted octanol–water partition coefficient (Wildman–Crippen LogP) is 3.60. The maximum atomic E-state index is 5.15. The van der Waals surface area contributed by atoms with Gasteiger partial charge in [0.05, 0.1) is 7.11 Å². The highest BCUT2D eigenvalue weighted by atomic mass is 16.5. The molecule has 2 aromatic heterocycles. The molecule has 98 valence electrons. The van der Waals surface area contributed by atoms with Crippen LogP contribution in [0.1, 0.15) is 11.1 Å². The van der Waals surface area contributed by atoms with E-state index in [0.717, 1.165) is 11.3 Å². The fraction of sp³-hybridized carbons (Fsp3) is 0.0556. The molecule has 2 heterocycles. The van der Waals surface area contributed by atoms with Gasteiger partial charge in [-0.25, -0.2) is 0 Å². The number of benzene rings is 1. The van der Waals surface area contributed by atoms with Crippen LogP contribution < -0.4 is 9.14 Å². The van der Waals surface area contributed by atoms with Crippen molar-refractivity contribution in [2.75, 3.05) is 7.11 Å². The Morgan fingerprint density at radius 3 is 2.45 bits per heavy atom. The number of hydrogen-bond donors (Lipinski definition) is 0. The molecular formula is C18H16NO+. The summed E-state index contributed by atoms with van der Waals surface area (Å²) in [5.41, 5.74) is 3.53. The maximum absolute atomic E-state index is 5.15. The molecule has 2 nitrogen and oxygen atoms in total. The third kappa shape index (κ3) is 2.69. The number of nitrogens with zero attached hydrogens (tertiary/aromatic N) is 1. The van der Waals surface area contributed by atoms with Crippen molar-refractivity contribution in [3.63, 3.8) is 0 Å². The Hall–Kier alpha value is -2.61. The predicted molar refractivity (Wildman–Crippen MR) is 81.5 cm³/mol. The molecular weight excluding hydrogens is 246 g/mol. The fourth-order valence-corrected chi connectivity index (χ4v) is 2.12. The number of fused-ring (bicyclic) bond motifs is 1.